The fourth-order valence-corrected chi connectivity index (χ4v) is 4.01. The summed E-state index contributed by atoms with van der Waals surface area (Å²) in [6, 6.07) is 7.75. The van der Waals surface area contributed by atoms with E-state index in [0.717, 1.165) is 21.9 Å². The van der Waals surface area contributed by atoms with Crippen molar-refractivity contribution in [3.63, 3.8) is 0 Å². The van der Waals surface area contributed by atoms with E-state index in [1.54, 1.807) is 6.92 Å². The van der Waals surface area contributed by atoms with E-state index in [1.165, 1.54) is 11.3 Å². The number of hydrogen-bond acceptors (Lipinski definition) is 4. The lowest BCUT2D eigenvalue weighted by Gasteiger charge is -2.10. The Morgan fingerprint density at radius 2 is 2.00 bits per heavy atom. The molecule has 1 unspecified atom stereocenters. The number of anilines is 1. The predicted octanol–water partition coefficient (Wildman–Crippen LogP) is 5.04. The highest BCUT2D eigenvalue weighted by Gasteiger charge is 2.68. The first-order valence-corrected chi connectivity index (χ1v) is 9.24. The summed E-state index contributed by atoms with van der Waals surface area (Å²) >= 11 is 13.6. The smallest absolute Gasteiger partial charge is 0.235 e. The number of alkyl halides is 2. The molecule has 7 heteroatoms. The largest absolute Gasteiger partial charge is 0.494 e. The van der Waals surface area contributed by atoms with Gasteiger partial charge in [0.2, 0.25) is 5.91 Å². The minimum absolute atomic E-state index is 0.195. The molecule has 1 atom stereocenters. The quantitative estimate of drug-likeness (QED) is 0.734. The average Bonchev–Trinajstić information content (AvgIpc) is 2.86. The first-order chi connectivity index (χ1) is 11.3. The van der Waals surface area contributed by atoms with Gasteiger partial charge in [0.15, 0.2) is 5.13 Å². The van der Waals surface area contributed by atoms with Crippen molar-refractivity contribution in [1.29, 1.82) is 0 Å². The van der Waals surface area contributed by atoms with E-state index in [0.29, 0.717) is 18.2 Å². The molecule has 1 aromatic heterocycles. The second-order valence-corrected chi connectivity index (χ2v) is 8.74. The fourth-order valence-electron chi connectivity index (χ4n) is 2.47. The molecule has 2 aromatic rings. The van der Waals surface area contributed by atoms with Crippen molar-refractivity contribution >= 4 is 45.6 Å². The van der Waals surface area contributed by atoms with Gasteiger partial charge in [-0.25, -0.2) is 4.98 Å². The van der Waals surface area contributed by atoms with Crippen molar-refractivity contribution in [2.45, 2.75) is 31.5 Å². The van der Waals surface area contributed by atoms with Gasteiger partial charge in [-0.05, 0) is 51.5 Å². The van der Waals surface area contributed by atoms with Crippen LogP contribution in [0, 0.1) is 12.3 Å². The SMILES string of the molecule is CCOc1ccc(-c2nc(NC(=O)C3(C)CC3(Cl)Cl)sc2C)cc1. The van der Waals surface area contributed by atoms with Crippen LogP contribution >= 0.6 is 34.5 Å². The van der Waals surface area contributed by atoms with Crippen LogP contribution in [0.5, 0.6) is 5.75 Å². The zero-order valence-electron chi connectivity index (χ0n) is 13.7. The summed E-state index contributed by atoms with van der Waals surface area (Å²) < 4.78 is 4.46. The van der Waals surface area contributed by atoms with Gasteiger partial charge in [0, 0.05) is 10.4 Å². The van der Waals surface area contributed by atoms with Crippen molar-refractivity contribution in [2.75, 3.05) is 11.9 Å². The molecule has 0 saturated heterocycles. The Labute approximate surface area is 155 Å². The van der Waals surface area contributed by atoms with Crippen LogP contribution < -0.4 is 10.1 Å². The number of ether oxygens (including phenoxy) is 1. The number of hydrogen-bond donors (Lipinski definition) is 1. The predicted molar refractivity (Wildman–Crippen MR) is 99.2 cm³/mol. The van der Waals surface area contributed by atoms with Crippen molar-refractivity contribution in [3.8, 4) is 17.0 Å². The molecule has 1 fully saturated rings. The number of halogens is 2. The molecule has 3 rings (SSSR count). The van der Waals surface area contributed by atoms with Crippen molar-refractivity contribution in [3.05, 3.63) is 29.1 Å². The summed E-state index contributed by atoms with van der Waals surface area (Å²) in [6.07, 6.45) is 0.449. The molecule has 0 bridgehead atoms. The van der Waals surface area contributed by atoms with Gasteiger partial charge in [0.1, 0.15) is 10.1 Å². The van der Waals surface area contributed by atoms with Crippen LogP contribution in [-0.4, -0.2) is 21.8 Å². The normalized spacial score (nSPS) is 21.4. The third-order valence-electron chi connectivity index (χ3n) is 4.21. The maximum atomic E-state index is 12.4. The highest BCUT2D eigenvalue weighted by atomic mass is 35.5. The third kappa shape index (κ3) is 3.13. The van der Waals surface area contributed by atoms with Crippen LogP contribution in [0.15, 0.2) is 24.3 Å². The number of thiazole rings is 1. The second kappa shape index (κ2) is 6.21. The summed E-state index contributed by atoms with van der Waals surface area (Å²) in [7, 11) is 0. The number of carbonyl (C=O) groups is 1. The molecular formula is C17H18Cl2N2O2S. The second-order valence-electron chi connectivity index (χ2n) is 6.05. The molecular weight excluding hydrogens is 367 g/mol. The lowest BCUT2D eigenvalue weighted by atomic mass is 10.1. The Kier molecular flexibility index (Phi) is 4.53. The van der Waals surface area contributed by atoms with Gasteiger partial charge in [0.25, 0.3) is 0 Å². The number of nitrogens with zero attached hydrogens (tertiary/aromatic N) is 1. The van der Waals surface area contributed by atoms with E-state index in [2.05, 4.69) is 10.3 Å². The average molecular weight is 385 g/mol. The zero-order valence-corrected chi connectivity index (χ0v) is 16.0. The lowest BCUT2D eigenvalue weighted by molar-refractivity contribution is -0.120. The molecule has 1 aliphatic carbocycles. The number of carbonyl (C=O) groups excluding carboxylic acids is 1. The highest BCUT2D eigenvalue weighted by molar-refractivity contribution is 7.16. The number of amides is 1. The first kappa shape index (κ1) is 17.5. The molecule has 128 valence electrons. The summed E-state index contributed by atoms with van der Waals surface area (Å²) in [6.45, 7) is 6.32. The molecule has 0 radical (unpaired) electrons. The Bertz CT molecular complexity index is 773. The Morgan fingerprint density at radius 1 is 1.38 bits per heavy atom. The number of benzene rings is 1. The Balaban J connectivity index is 1.77. The van der Waals surface area contributed by atoms with E-state index in [4.69, 9.17) is 27.9 Å². The summed E-state index contributed by atoms with van der Waals surface area (Å²) in [5, 5.41) is 3.39. The van der Waals surface area contributed by atoms with Crippen molar-refractivity contribution in [2.24, 2.45) is 5.41 Å². The van der Waals surface area contributed by atoms with Crippen LogP contribution in [0.3, 0.4) is 0 Å². The van der Waals surface area contributed by atoms with Gasteiger partial charge in [-0.15, -0.1) is 34.5 Å². The van der Waals surface area contributed by atoms with Gasteiger partial charge in [-0.1, -0.05) is 0 Å². The molecule has 1 N–H and O–H groups in total. The number of aromatic nitrogens is 1. The van der Waals surface area contributed by atoms with E-state index in [-0.39, 0.29) is 5.91 Å². The molecule has 24 heavy (non-hydrogen) atoms. The Hall–Kier alpha value is -1.30. The topological polar surface area (TPSA) is 51.2 Å². The highest BCUT2D eigenvalue weighted by Crippen LogP contribution is 2.64. The standard InChI is InChI=1S/C17H18Cl2N2O2S/c1-4-23-12-7-5-11(6-8-12)13-10(2)24-15(20-13)21-14(22)16(3)9-17(16,18)19/h5-8H,4,9H2,1-3H3,(H,20,21,22). The maximum absolute atomic E-state index is 12.4. The summed E-state index contributed by atoms with van der Waals surface area (Å²) in [5.41, 5.74) is 1.08. The summed E-state index contributed by atoms with van der Waals surface area (Å²) in [4.78, 5) is 17.9. The maximum Gasteiger partial charge on any atom is 0.235 e. The van der Waals surface area contributed by atoms with Crippen molar-refractivity contribution in [1.82, 2.24) is 4.98 Å². The van der Waals surface area contributed by atoms with Crippen molar-refractivity contribution < 1.29 is 9.53 Å². The van der Waals surface area contributed by atoms with Crippen LogP contribution in [0.2, 0.25) is 0 Å². The Morgan fingerprint density at radius 3 is 2.54 bits per heavy atom. The van der Waals surface area contributed by atoms with Crippen LogP contribution in [0.25, 0.3) is 11.3 Å². The zero-order chi connectivity index (χ0) is 17.5. The van der Waals surface area contributed by atoms with Gasteiger partial charge in [0.05, 0.1) is 17.7 Å². The van der Waals surface area contributed by atoms with Crippen LogP contribution in [-0.2, 0) is 4.79 Å². The molecule has 1 amide bonds. The van der Waals surface area contributed by atoms with E-state index in [1.807, 2.05) is 38.1 Å². The van der Waals surface area contributed by atoms with Crippen LogP contribution in [0.4, 0.5) is 5.13 Å². The number of rotatable bonds is 5. The molecule has 4 nitrogen and oxygen atoms in total. The number of aryl methyl sites for hydroxylation is 1. The minimum atomic E-state index is -0.985. The van der Waals surface area contributed by atoms with E-state index < -0.39 is 9.75 Å². The third-order valence-corrected chi connectivity index (χ3v) is 6.20. The minimum Gasteiger partial charge on any atom is -0.494 e. The van der Waals surface area contributed by atoms with Gasteiger partial charge in [-0.2, -0.15) is 0 Å². The van der Waals surface area contributed by atoms with Gasteiger partial charge < -0.3 is 10.1 Å². The molecule has 1 aliphatic rings. The molecule has 1 saturated carbocycles. The van der Waals surface area contributed by atoms with E-state index >= 15 is 0 Å². The van der Waals surface area contributed by atoms with Crippen LogP contribution in [0.1, 0.15) is 25.1 Å². The molecule has 1 heterocycles. The monoisotopic (exact) mass is 384 g/mol. The van der Waals surface area contributed by atoms with Gasteiger partial charge in [-0.3, -0.25) is 4.79 Å². The molecule has 0 spiro atoms. The lowest BCUT2D eigenvalue weighted by Crippen LogP contribution is -2.25. The van der Waals surface area contributed by atoms with E-state index in [9.17, 15) is 4.79 Å². The number of nitrogens with one attached hydrogen (secondary N) is 1. The molecule has 0 aliphatic heterocycles. The summed E-state index contributed by atoms with van der Waals surface area (Å²) in [5.74, 6) is 0.629. The first-order valence-electron chi connectivity index (χ1n) is 7.67. The van der Waals surface area contributed by atoms with Gasteiger partial charge >= 0.3 is 0 Å². The molecule has 1 aromatic carbocycles. The fraction of sp³-hybridized carbons (Fsp3) is 0.412.